The molecule has 1 aliphatic carbocycles. The van der Waals surface area contributed by atoms with E-state index in [0.29, 0.717) is 24.7 Å². The normalized spacial score (nSPS) is 14.0. The van der Waals surface area contributed by atoms with Gasteiger partial charge in [-0.2, -0.15) is 0 Å². The summed E-state index contributed by atoms with van der Waals surface area (Å²) >= 11 is 0. The maximum absolute atomic E-state index is 12.0. The van der Waals surface area contributed by atoms with Gasteiger partial charge in [-0.3, -0.25) is 10.1 Å². The fourth-order valence-corrected chi connectivity index (χ4v) is 2.98. The Kier molecular flexibility index (Phi) is 7.08. The van der Waals surface area contributed by atoms with Crippen LogP contribution in [-0.2, 0) is 17.9 Å². The lowest BCUT2D eigenvalue weighted by atomic mass is 10.2. The Labute approximate surface area is 171 Å². The predicted octanol–water partition coefficient (Wildman–Crippen LogP) is 1.28. The maximum atomic E-state index is 12.0. The molecule has 3 N–H and O–H groups in total. The zero-order valence-corrected chi connectivity index (χ0v) is 16.9. The number of imide groups is 1. The van der Waals surface area contributed by atoms with Gasteiger partial charge in [0.05, 0.1) is 14.2 Å². The summed E-state index contributed by atoms with van der Waals surface area (Å²) in [7, 11) is 3.52. The fourth-order valence-electron chi connectivity index (χ4n) is 2.98. The predicted molar refractivity (Wildman–Crippen MR) is 109 cm³/mol. The maximum Gasteiger partial charge on any atom is 0.321 e. The third kappa shape index (κ3) is 6.80. The van der Waals surface area contributed by atoms with Gasteiger partial charge in [0.15, 0.2) is 18.0 Å². The smallest absolute Gasteiger partial charge is 0.321 e. The molecule has 2 aromatic rings. The van der Waals surface area contributed by atoms with E-state index in [0.717, 1.165) is 28.9 Å². The quantitative estimate of drug-likeness (QED) is 0.594. The Morgan fingerprint density at radius 1 is 1.07 bits per heavy atom. The van der Waals surface area contributed by atoms with Crippen LogP contribution in [-0.4, -0.2) is 38.7 Å². The third-order valence-corrected chi connectivity index (χ3v) is 4.60. The van der Waals surface area contributed by atoms with Crippen LogP contribution in [0.4, 0.5) is 4.79 Å². The molecular formula is C22H28N3O4+. The number of benzene rings is 2. The molecule has 1 fully saturated rings. The molecule has 1 saturated carbocycles. The van der Waals surface area contributed by atoms with E-state index in [4.69, 9.17) is 9.47 Å². The Morgan fingerprint density at radius 2 is 1.83 bits per heavy atom. The number of nitrogens with one attached hydrogen (secondary N) is 3. The van der Waals surface area contributed by atoms with Gasteiger partial charge >= 0.3 is 6.03 Å². The van der Waals surface area contributed by atoms with Gasteiger partial charge in [-0.05, 0) is 36.6 Å². The zero-order chi connectivity index (χ0) is 20.6. The second kappa shape index (κ2) is 9.93. The summed E-state index contributed by atoms with van der Waals surface area (Å²) in [5, 5.41) is 5.12. The molecule has 3 amide bonds. The van der Waals surface area contributed by atoms with Crippen molar-refractivity contribution in [2.45, 2.75) is 32.0 Å². The van der Waals surface area contributed by atoms with Crippen molar-refractivity contribution in [3.63, 3.8) is 0 Å². The van der Waals surface area contributed by atoms with E-state index in [-0.39, 0.29) is 18.5 Å². The van der Waals surface area contributed by atoms with Crippen molar-refractivity contribution in [1.82, 2.24) is 10.6 Å². The van der Waals surface area contributed by atoms with Gasteiger partial charge in [-0.25, -0.2) is 4.79 Å². The van der Waals surface area contributed by atoms with Crippen molar-refractivity contribution >= 4 is 11.9 Å². The van der Waals surface area contributed by atoms with Crippen molar-refractivity contribution in [3.05, 3.63) is 59.7 Å². The molecule has 3 rings (SSSR count). The molecule has 0 aromatic heterocycles. The van der Waals surface area contributed by atoms with E-state index in [1.165, 1.54) is 0 Å². The number of carbonyl (C=O) groups is 2. The average molecular weight is 398 g/mol. The number of hydrogen-bond donors (Lipinski definition) is 3. The van der Waals surface area contributed by atoms with Crippen molar-refractivity contribution in [2.75, 3.05) is 20.7 Å². The van der Waals surface area contributed by atoms with Crippen LogP contribution >= 0.6 is 0 Å². The van der Waals surface area contributed by atoms with Gasteiger partial charge < -0.3 is 19.7 Å². The van der Waals surface area contributed by atoms with Crippen LogP contribution in [0.5, 0.6) is 11.5 Å². The third-order valence-electron chi connectivity index (χ3n) is 4.60. The fraction of sp³-hybridized carbons (Fsp3) is 0.364. The first kappa shape index (κ1) is 20.7. The highest BCUT2D eigenvalue weighted by atomic mass is 16.5. The Morgan fingerprint density at radius 3 is 2.52 bits per heavy atom. The van der Waals surface area contributed by atoms with E-state index in [2.05, 4.69) is 10.6 Å². The summed E-state index contributed by atoms with van der Waals surface area (Å²) in [6.45, 7) is 1.28. The van der Waals surface area contributed by atoms with E-state index >= 15 is 0 Å². The number of quaternary nitrogens is 1. The lowest BCUT2D eigenvalue weighted by Crippen LogP contribution is -3.09. The monoisotopic (exact) mass is 398 g/mol. The lowest BCUT2D eigenvalue weighted by molar-refractivity contribution is -0.885. The molecule has 1 unspecified atom stereocenters. The van der Waals surface area contributed by atoms with E-state index in [9.17, 15) is 9.59 Å². The Bertz CT molecular complexity index is 837. The Hall–Kier alpha value is -3.06. The molecule has 0 saturated heterocycles. The lowest BCUT2D eigenvalue weighted by Gasteiger charge is -2.16. The first-order valence-corrected chi connectivity index (χ1v) is 9.79. The number of rotatable bonds is 9. The summed E-state index contributed by atoms with van der Waals surface area (Å²) < 4.78 is 11.3. The van der Waals surface area contributed by atoms with Crippen molar-refractivity contribution in [1.29, 1.82) is 0 Å². The molecule has 0 bridgehead atoms. The summed E-state index contributed by atoms with van der Waals surface area (Å²) in [5.41, 5.74) is 2.10. The van der Waals surface area contributed by atoms with Gasteiger partial charge in [-0.15, -0.1) is 0 Å². The minimum atomic E-state index is -0.410. The molecule has 154 valence electrons. The molecule has 7 nitrogen and oxygen atoms in total. The molecule has 29 heavy (non-hydrogen) atoms. The number of urea groups is 1. The first-order chi connectivity index (χ1) is 14.0. The molecule has 0 radical (unpaired) electrons. The summed E-state index contributed by atoms with van der Waals surface area (Å²) in [6.07, 6.45) is 1.97. The summed E-state index contributed by atoms with van der Waals surface area (Å²) in [5.74, 6) is 1.03. The minimum absolute atomic E-state index is 0.201. The zero-order valence-electron chi connectivity index (χ0n) is 16.9. The van der Waals surface area contributed by atoms with Gasteiger partial charge in [0.1, 0.15) is 13.2 Å². The van der Waals surface area contributed by atoms with E-state index < -0.39 is 6.03 Å². The van der Waals surface area contributed by atoms with Crippen molar-refractivity contribution in [2.24, 2.45) is 0 Å². The number of hydrogen-bond acceptors (Lipinski definition) is 4. The number of amides is 3. The standard InChI is InChI=1S/C22H27N3O4/c1-25(14-21(26)24-22(27)23-18-9-10-18)13-17-8-11-19(20(12-17)28-2)29-15-16-6-4-3-5-7-16/h3-8,11-12,18H,9-10,13-15H2,1-2H3,(H2,23,24,26,27)/p+1. The SMILES string of the molecule is COc1cc(C[NH+](C)CC(=O)NC(=O)NC2CC2)ccc1OCc1ccccc1. The number of methoxy groups -OCH3 is 1. The molecule has 2 aromatic carbocycles. The van der Waals surface area contributed by atoms with Gasteiger partial charge in [0.2, 0.25) is 0 Å². The molecule has 0 spiro atoms. The largest absolute Gasteiger partial charge is 0.493 e. The van der Waals surface area contributed by atoms with Gasteiger partial charge in [-0.1, -0.05) is 30.3 Å². The van der Waals surface area contributed by atoms with Crippen LogP contribution in [0.25, 0.3) is 0 Å². The van der Waals surface area contributed by atoms with Crippen LogP contribution in [0.2, 0.25) is 0 Å². The molecule has 1 atom stereocenters. The van der Waals surface area contributed by atoms with Crippen LogP contribution in [0.3, 0.4) is 0 Å². The second-order valence-corrected chi connectivity index (χ2v) is 7.37. The summed E-state index contributed by atoms with van der Waals surface area (Å²) in [6, 6.07) is 15.5. The van der Waals surface area contributed by atoms with Crippen LogP contribution in [0.15, 0.2) is 48.5 Å². The number of ether oxygens (including phenoxy) is 2. The van der Waals surface area contributed by atoms with E-state index in [1.54, 1.807) is 7.11 Å². The molecule has 7 heteroatoms. The van der Waals surface area contributed by atoms with Crippen molar-refractivity contribution in [3.8, 4) is 11.5 Å². The number of likely N-dealkylation sites (N-methyl/N-ethyl adjacent to an activating group) is 1. The number of carbonyl (C=O) groups excluding carboxylic acids is 2. The van der Waals surface area contributed by atoms with Crippen LogP contribution in [0.1, 0.15) is 24.0 Å². The highest BCUT2D eigenvalue weighted by Gasteiger charge is 2.24. The molecule has 0 heterocycles. The van der Waals surface area contributed by atoms with E-state index in [1.807, 2.05) is 55.6 Å². The van der Waals surface area contributed by atoms with Crippen LogP contribution < -0.4 is 25.0 Å². The van der Waals surface area contributed by atoms with Gasteiger partial charge in [0.25, 0.3) is 5.91 Å². The van der Waals surface area contributed by atoms with Crippen LogP contribution in [0, 0.1) is 0 Å². The first-order valence-electron chi connectivity index (χ1n) is 9.79. The average Bonchev–Trinajstić information content (AvgIpc) is 3.51. The highest BCUT2D eigenvalue weighted by Crippen LogP contribution is 2.28. The molecule has 1 aliphatic rings. The second-order valence-electron chi connectivity index (χ2n) is 7.37. The topological polar surface area (TPSA) is 81.1 Å². The molecular weight excluding hydrogens is 370 g/mol. The minimum Gasteiger partial charge on any atom is -0.493 e. The summed E-state index contributed by atoms with van der Waals surface area (Å²) in [4.78, 5) is 24.6. The highest BCUT2D eigenvalue weighted by molar-refractivity contribution is 5.94. The van der Waals surface area contributed by atoms with Gasteiger partial charge in [0, 0.05) is 11.6 Å². The van der Waals surface area contributed by atoms with Crippen molar-refractivity contribution < 1.29 is 24.0 Å². The molecule has 0 aliphatic heterocycles. The Balaban J connectivity index is 1.50.